The van der Waals surface area contributed by atoms with Gasteiger partial charge in [0.25, 0.3) is 0 Å². The molecule has 0 bridgehead atoms. The van der Waals surface area contributed by atoms with E-state index >= 15 is 19.2 Å². The second-order valence-corrected chi connectivity index (χ2v) is 30.8. The zero-order chi connectivity index (χ0) is 77.9. The quantitative estimate of drug-likeness (QED) is 0.0374. The van der Waals surface area contributed by atoms with Crippen molar-refractivity contribution < 1.29 is 62.3 Å². The van der Waals surface area contributed by atoms with E-state index in [0.717, 1.165) is 22.2 Å². The Hall–Kier alpha value is -7.67. The minimum atomic E-state index is -1.61. The molecule has 0 heterocycles. The number of hydrogen-bond acceptors (Lipinski definition) is 15. The van der Waals surface area contributed by atoms with Gasteiger partial charge in [-0.15, -0.1) is 0 Å². The molecule has 0 saturated heterocycles. The number of esters is 1. The van der Waals surface area contributed by atoms with Crippen LogP contribution in [-0.2, 0) is 74.4 Å². The maximum Gasteiger partial charge on any atom is 0.303 e. The van der Waals surface area contributed by atoms with E-state index in [1.807, 2.05) is 112 Å². The standard InChI is InChI=1S/C77H125N11O13S/c1-25-27-34-52(15)67(101-54(17)89)66(70(93)80-57(26-2)72(95)82(18)44-63(90)83(19)62(42-49(9)10)77(100)102-45-56-37-32-29-33-38-56)88(24)76(99)65(51(13)14)87(23)74(97)61(41-48(7)8)86(22)73(96)60(40-47(5)6)85(21)71(94)53(16)79-68(91)58(43-55-35-30-28-31-36-55)81-69(92)59(39-46(3)4)84(20)75(98)64(78)50(11)12/h25,27-33,35-38,46-53,57-62,64-67H,26,34,39-45,78H2,1-24H3,(H,79,91)(H,80,93)(H,81,92)/b27-25+/t52-,53-,57+,58+,59+,60+,61+,62+,64+,65+,66+,67-/m1/s1. The number of nitrogens with two attached hydrogens (primary N) is 1. The van der Waals surface area contributed by atoms with Crippen molar-refractivity contribution in [2.24, 2.45) is 47.2 Å². The summed E-state index contributed by atoms with van der Waals surface area (Å²) in [7, 11) is 10.2. The van der Waals surface area contributed by atoms with Gasteiger partial charge in [0, 0.05) is 68.4 Å². The monoisotopic (exact) mass is 1440 g/mol. The second-order valence-electron chi connectivity index (χ2n) is 29.8. The number of carbonyl (C=O) groups is 12. The first-order chi connectivity index (χ1) is 47.6. The first-order valence-electron chi connectivity index (χ1n) is 36.1. The minimum Gasteiger partial charge on any atom is -0.459 e. The fourth-order valence-corrected chi connectivity index (χ4v) is 13.2. The lowest BCUT2D eigenvalue weighted by Crippen LogP contribution is -2.64. The number of rotatable bonds is 41. The highest BCUT2D eigenvalue weighted by atomic mass is 32.2. The zero-order valence-corrected chi connectivity index (χ0v) is 66.4. The molecule has 0 saturated carbocycles. The largest absolute Gasteiger partial charge is 0.459 e. The van der Waals surface area contributed by atoms with Gasteiger partial charge in [-0.2, -0.15) is 0 Å². The van der Waals surface area contributed by atoms with Crippen LogP contribution in [0.5, 0.6) is 0 Å². The number of ether oxygens (including phenoxy) is 1. The number of benzene rings is 2. The summed E-state index contributed by atoms with van der Waals surface area (Å²) in [5, 5.41) is 8.28. The van der Waals surface area contributed by atoms with Crippen molar-refractivity contribution in [3.8, 4) is 0 Å². The highest BCUT2D eigenvalue weighted by molar-refractivity contribution is 8.13. The van der Waals surface area contributed by atoms with Crippen LogP contribution < -0.4 is 21.7 Å². The molecule has 0 aliphatic heterocycles. The van der Waals surface area contributed by atoms with Gasteiger partial charge in [-0.3, -0.25) is 57.5 Å². The Morgan fingerprint density at radius 3 is 1.41 bits per heavy atom. The van der Waals surface area contributed by atoms with Gasteiger partial charge in [0.15, 0.2) is 0 Å². The summed E-state index contributed by atoms with van der Waals surface area (Å²) in [5.41, 5.74) is 7.92. The van der Waals surface area contributed by atoms with E-state index in [2.05, 4.69) is 16.0 Å². The topological polar surface area (TPSA) is 299 Å². The van der Waals surface area contributed by atoms with E-state index in [-0.39, 0.29) is 66.8 Å². The molecule has 0 spiro atoms. The van der Waals surface area contributed by atoms with Crippen LogP contribution in [0, 0.1) is 41.4 Å². The molecule has 572 valence electrons. The highest BCUT2D eigenvalue weighted by Crippen LogP contribution is 2.28. The molecule has 12 atom stereocenters. The molecule has 2 aromatic rings. The maximum atomic E-state index is 15.6. The molecule has 24 nitrogen and oxygen atoms in total. The summed E-state index contributed by atoms with van der Waals surface area (Å²) in [5.74, 6) is -8.53. The molecule has 0 aromatic heterocycles. The van der Waals surface area contributed by atoms with Crippen LogP contribution in [-0.4, -0.2) is 227 Å². The second kappa shape index (κ2) is 43.4. The van der Waals surface area contributed by atoms with Crippen molar-refractivity contribution >= 4 is 81.9 Å². The SMILES string of the molecule is C/C=C/C[C@@H](C)[C@@H](OC(C)=O)[C@@H](C(=O)N[C@@H](CC)C(=O)N(C)CC(=O)N(C)[C@@H](CC(C)C)C(=O)SCc1ccccc1)N(C)C(=O)[C@H](C(C)C)N(C)C(=O)[C@H](CC(C)C)N(C)C(=O)[C@H](CC(C)C)N(C)C(=O)[C@@H](C)NC(=O)[C@H](Cc1ccccc1)NC(=O)[C@H](CC(C)C)N(C)C(=O)[C@@H](N)C(C)C. The van der Waals surface area contributed by atoms with Crippen LogP contribution >= 0.6 is 11.8 Å². The van der Waals surface area contributed by atoms with Crippen molar-refractivity contribution in [3.63, 3.8) is 0 Å². The van der Waals surface area contributed by atoms with Gasteiger partial charge in [0.05, 0.1) is 12.6 Å². The minimum absolute atomic E-state index is 0.0255. The number of thioether (sulfide) groups is 1. The average Bonchev–Trinajstić information content (AvgIpc) is 0.795. The predicted molar refractivity (Wildman–Crippen MR) is 401 cm³/mol. The third kappa shape index (κ3) is 27.5. The molecule has 102 heavy (non-hydrogen) atoms. The van der Waals surface area contributed by atoms with Crippen LogP contribution in [0.2, 0.25) is 0 Å². The molecule has 0 aliphatic carbocycles. The molecule has 0 radical (unpaired) electrons. The maximum absolute atomic E-state index is 15.6. The molecule has 0 aliphatic rings. The normalized spacial score (nSPS) is 15.2. The van der Waals surface area contributed by atoms with E-state index < -0.39 is 150 Å². The van der Waals surface area contributed by atoms with Gasteiger partial charge < -0.3 is 60.7 Å². The molecule has 2 aromatic carbocycles. The number of carbonyl (C=O) groups excluding carboxylic acids is 12. The van der Waals surface area contributed by atoms with E-state index in [9.17, 15) is 38.4 Å². The Bertz CT molecular complexity index is 3110. The van der Waals surface area contributed by atoms with Crippen molar-refractivity contribution in [1.29, 1.82) is 0 Å². The van der Waals surface area contributed by atoms with Crippen molar-refractivity contribution in [1.82, 2.24) is 50.2 Å². The number of hydrogen-bond donors (Lipinski definition) is 4. The van der Waals surface area contributed by atoms with Gasteiger partial charge in [-0.05, 0) is 105 Å². The van der Waals surface area contributed by atoms with Crippen molar-refractivity contribution in [2.45, 2.75) is 235 Å². The Balaban J connectivity index is 2.64. The number of allylic oxidation sites excluding steroid dienone is 2. The molecule has 0 unspecified atom stereocenters. The lowest BCUT2D eigenvalue weighted by atomic mass is 9.91. The Labute approximate surface area is 613 Å². The first kappa shape index (κ1) is 90.4. The molecular formula is C77H125N11O13S. The van der Waals surface area contributed by atoms with E-state index in [1.165, 1.54) is 92.6 Å². The first-order valence-corrected chi connectivity index (χ1v) is 37.1. The number of nitrogens with one attached hydrogen (secondary N) is 3. The van der Waals surface area contributed by atoms with Gasteiger partial charge in [0.1, 0.15) is 60.5 Å². The summed E-state index contributed by atoms with van der Waals surface area (Å²) in [6.07, 6.45) is 3.53. The fraction of sp³-hybridized carbons (Fsp3) is 0.662. The Morgan fingerprint density at radius 2 is 0.941 bits per heavy atom. The fourth-order valence-electron chi connectivity index (χ4n) is 12.3. The van der Waals surface area contributed by atoms with E-state index in [4.69, 9.17) is 10.5 Å². The van der Waals surface area contributed by atoms with Crippen LogP contribution in [0.1, 0.15) is 167 Å². The van der Waals surface area contributed by atoms with E-state index in [0.29, 0.717) is 24.2 Å². The lowest BCUT2D eigenvalue weighted by Gasteiger charge is -2.42. The van der Waals surface area contributed by atoms with Gasteiger partial charge in [-0.25, -0.2) is 0 Å². The highest BCUT2D eigenvalue weighted by Gasteiger charge is 2.47. The summed E-state index contributed by atoms with van der Waals surface area (Å²) in [4.78, 5) is 183. The molecule has 10 amide bonds. The average molecular weight is 1440 g/mol. The summed E-state index contributed by atoms with van der Waals surface area (Å²) < 4.78 is 5.97. The number of nitrogens with zero attached hydrogens (tertiary/aromatic N) is 7. The lowest BCUT2D eigenvalue weighted by molar-refractivity contribution is -0.164. The molecular weight excluding hydrogens is 1320 g/mol. The van der Waals surface area contributed by atoms with Crippen molar-refractivity contribution in [2.75, 3.05) is 55.9 Å². The smallest absolute Gasteiger partial charge is 0.303 e. The third-order valence-corrected chi connectivity index (χ3v) is 19.5. The van der Waals surface area contributed by atoms with E-state index in [1.54, 1.807) is 65.0 Å². The van der Waals surface area contributed by atoms with Gasteiger partial charge in [-0.1, -0.05) is 182 Å². The molecule has 2 rings (SSSR count). The Morgan fingerprint density at radius 1 is 0.490 bits per heavy atom. The van der Waals surface area contributed by atoms with Crippen LogP contribution in [0.15, 0.2) is 72.8 Å². The molecule has 25 heteroatoms. The van der Waals surface area contributed by atoms with Gasteiger partial charge >= 0.3 is 5.97 Å². The van der Waals surface area contributed by atoms with Crippen molar-refractivity contribution in [3.05, 3.63) is 83.9 Å². The number of amides is 10. The number of likely N-dealkylation sites (N-methyl/N-ethyl adjacent to an activating group) is 7. The summed E-state index contributed by atoms with van der Waals surface area (Å²) in [6.45, 7) is 29.7. The summed E-state index contributed by atoms with van der Waals surface area (Å²) >= 11 is 1.11. The van der Waals surface area contributed by atoms with Crippen LogP contribution in [0.3, 0.4) is 0 Å². The van der Waals surface area contributed by atoms with Crippen LogP contribution in [0.25, 0.3) is 0 Å². The third-order valence-electron chi connectivity index (χ3n) is 18.5. The predicted octanol–water partition coefficient (Wildman–Crippen LogP) is 7.35. The molecule has 5 N–H and O–H groups in total. The Kier molecular flexibility index (Phi) is 38.5. The van der Waals surface area contributed by atoms with Crippen LogP contribution in [0.4, 0.5) is 0 Å². The zero-order valence-electron chi connectivity index (χ0n) is 65.6. The summed E-state index contributed by atoms with van der Waals surface area (Å²) in [6, 6.07) is 6.77. The van der Waals surface area contributed by atoms with Gasteiger partial charge in [0.2, 0.25) is 64.2 Å². The molecule has 0 fully saturated rings.